The summed E-state index contributed by atoms with van der Waals surface area (Å²) in [5.74, 6) is 0.485. The first-order valence-corrected chi connectivity index (χ1v) is 5.37. The lowest BCUT2D eigenvalue weighted by Crippen LogP contribution is -2.10. The minimum atomic E-state index is -0.893. The number of halogens is 2. The Bertz CT molecular complexity index is 362. The number of hydrogen-bond acceptors (Lipinski definition) is 3. The first-order valence-electron chi connectivity index (χ1n) is 3.78. The predicted octanol–water partition coefficient (Wildman–Crippen LogP) is 2.80. The summed E-state index contributed by atoms with van der Waals surface area (Å²) in [6, 6.07) is 5.27. The third-order valence-electron chi connectivity index (χ3n) is 1.42. The molecule has 0 spiro atoms. The van der Waals surface area contributed by atoms with Crippen LogP contribution in [-0.2, 0) is 0 Å². The molecule has 14 heavy (non-hydrogen) atoms. The number of aliphatic hydroxyl groups excluding tert-OH is 1. The van der Waals surface area contributed by atoms with Crippen LogP contribution in [0.3, 0.4) is 0 Å². The molecule has 0 heterocycles. The van der Waals surface area contributed by atoms with E-state index in [0.29, 0.717) is 20.3 Å². The van der Waals surface area contributed by atoms with Gasteiger partial charge in [0.25, 0.3) is 0 Å². The lowest BCUT2D eigenvalue weighted by Gasteiger charge is -2.12. The van der Waals surface area contributed by atoms with E-state index < -0.39 is 6.29 Å². The average Bonchev–Trinajstić information content (AvgIpc) is 2.10. The van der Waals surface area contributed by atoms with E-state index in [1.54, 1.807) is 12.1 Å². The van der Waals surface area contributed by atoms with Gasteiger partial charge in [-0.05, 0) is 50.9 Å². The van der Waals surface area contributed by atoms with Crippen molar-refractivity contribution in [3.63, 3.8) is 0 Å². The summed E-state index contributed by atoms with van der Waals surface area (Å²) in [5.41, 5.74) is 0.515. The van der Waals surface area contributed by atoms with E-state index in [1.165, 1.54) is 6.92 Å². The van der Waals surface area contributed by atoms with E-state index in [1.807, 2.05) is 6.07 Å². The van der Waals surface area contributed by atoms with Gasteiger partial charge in [0, 0.05) is 0 Å². The number of nitrogens with zero attached hydrogens (tertiary/aromatic N) is 1. The number of hydrogen-bond donors (Lipinski definition) is 1. The zero-order valence-corrected chi connectivity index (χ0v) is 10.5. The van der Waals surface area contributed by atoms with Gasteiger partial charge >= 0.3 is 0 Å². The zero-order valence-electron chi connectivity index (χ0n) is 7.29. The van der Waals surface area contributed by atoms with Crippen molar-refractivity contribution in [2.75, 3.05) is 0 Å². The van der Waals surface area contributed by atoms with Crippen molar-refractivity contribution in [1.82, 2.24) is 0 Å². The van der Waals surface area contributed by atoms with Crippen molar-refractivity contribution < 1.29 is 9.84 Å². The fraction of sp³-hybridized carbons (Fsp3) is 0.222. The van der Waals surface area contributed by atoms with Crippen LogP contribution < -0.4 is 4.74 Å². The third kappa shape index (κ3) is 2.71. The third-order valence-corrected chi connectivity index (χ3v) is 2.59. The smallest absolute Gasteiger partial charge is 0.194 e. The molecule has 1 aromatic rings. The minimum absolute atomic E-state index is 0.485. The van der Waals surface area contributed by atoms with Gasteiger partial charge in [-0.15, -0.1) is 0 Å². The highest BCUT2D eigenvalue weighted by Gasteiger charge is 2.10. The summed E-state index contributed by atoms with van der Waals surface area (Å²) in [7, 11) is 0. The van der Waals surface area contributed by atoms with Crippen LogP contribution in [0.2, 0.25) is 0 Å². The minimum Gasteiger partial charge on any atom is -0.463 e. The number of aliphatic hydroxyl groups is 1. The topological polar surface area (TPSA) is 53.2 Å². The second-order valence-electron chi connectivity index (χ2n) is 2.60. The van der Waals surface area contributed by atoms with Crippen molar-refractivity contribution in [1.29, 1.82) is 5.26 Å². The molecule has 1 atom stereocenters. The van der Waals surface area contributed by atoms with Crippen LogP contribution in [-0.4, -0.2) is 11.4 Å². The molecule has 0 aliphatic heterocycles. The second kappa shape index (κ2) is 4.78. The van der Waals surface area contributed by atoms with Crippen molar-refractivity contribution in [3.8, 4) is 11.8 Å². The SMILES string of the molecule is CC(O)Oc1c(Br)cc(C#N)cc1Br. The molecule has 1 unspecified atom stereocenters. The van der Waals surface area contributed by atoms with Crippen LogP contribution in [0.25, 0.3) is 0 Å². The van der Waals surface area contributed by atoms with Crippen molar-refractivity contribution in [3.05, 3.63) is 26.6 Å². The summed E-state index contributed by atoms with van der Waals surface area (Å²) in [5, 5.41) is 17.7. The molecule has 1 aromatic carbocycles. The van der Waals surface area contributed by atoms with Gasteiger partial charge in [0.05, 0.1) is 20.6 Å². The van der Waals surface area contributed by atoms with Gasteiger partial charge in [-0.2, -0.15) is 5.26 Å². The Morgan fingerprint density at radius 1 is 1.43 bits per heavy atom. The molecule has 0 fully saturated rings. The fourth-order valence-corrected chi connectivity index (χ4v) is 2.28. The van der Waals surface area contributed by atoms with Gasteiger partial charge in [-0.25, -0.2) is 0 Å². The zero-order chi connectivity index (χ0) is 10.7. The van der Waals surface area contributed by atoms with Gasteiger partial charge in [-0.1, -0.05) is 0 Å². The van der Waals surface area contributed by atoms with E-state index >= 15 is 0 Å². The molecular weight excluding hydrogens is 314 g/mol. The molecule has 0 aliphatic carbocycles. The molecule has 0 saturated heterocycles. The number of rotatable bonds is 2. The van der Waals surface area contributed by atoms with Gasteiger partial charge in [0.15, 0.2) is 12.0 Å². The lowest BCUT2D eigenvalue weighted by molar-refractivity contribution is -0.00144. The normalized spacial score (nSPS) is 11.9. The maximum absolute atomic E-state index is 9.05. The molecular formula is C9H7Br2NO2. The highest BCUT2D eigenvalue weighted by Crippen LogP contribution is 2.35. The fourth-order valence-electron chi connectivity index (χ4n) is 0.908. The number of ether oxygens (including phenoxy) is 1. The Kier molecular flexibility index (Phi) is 3.93. The molecule has 1 N–H and O–H groups in total. The average molecular weight is 321 g/mol. The lowest BCUT2D eigenvalue weighted by atomic mass is 10.2. The van der Waals surface area contributed by atoms with Crippen LogP contribution in [0.5, 0.6) is 5.75 Å². The summed E-state index contributed by atoms with van der Waals surface area (Å²) in [6.45, 7) is 1.51. The summed E-state index contributed by atoms with van der Waals surface area (Å²) in [4.78, 5) is 0. The van der Waals surface area contributed by atoms with Crippen LogP contribution in [0.1, 0.15) is 12.5 Å². The summed E-state index contributed by atoms with van der Waals surface area (Å²) in [6.07, 6.45) is -0.893. The largest absolute Gasteiger partial charge is 0.463 e. The van der Waals surface area contributed by atoms with Gasteiger partial charge in [0.2, 0.25) is 0 Å². The van der Waals surface area contributed by atoms with Gasteiger partial charge in [-0.3, -0.25) is 0 Å². The summed E-state index contributed by atoms with van der Waals surface area (Å²) >= 11 is 6.50. The van der Waals surface area contributed by atoms with Crippen molar-refractivity contribution in [2.45, 2.75) is 13.2 Å². The summed E-state index contributed by atoms with van der Waals surface area (Å²) < 4.78 is 6.39. The maximum Gasteiger partial charge on any atom is 0.194 e. The van der Waals surface area contributed by atoms with Gasteiger partial charge < -0.3 is 9.84 Å². The van der Waals surface area contributed by atoms with Crippen LogP contribution >= 0.6 is 31.9 Å². The molecule has 0 aliphatic rings. The van der Waals surface area contributed by atoms with Crippen LogP contribution in [0, 0.1) is 11.3 Å². The molecule has 1 rings (SSSR count). The molecule has 0 aromatic heterocycles. The van der Waals surface area contributed by atoms with Gasteiger partial charge in [0.1, 0.15) is 0 Å². The van der Waals surface area contributed by atoms with E-state index in [9.17, 15) is 0 Å². The van der Waals surface area contributed by atoms with Crippen LogP contribution in [0.15, 0.2) is 21.1 Å². The molecule has 0 radical (unpaired) electrons. The Morgan fingerprint density at radius 3 is 2.29 bits per heavy atom. The van der Waals surface area contributed by atoms with E-state index in [4.69, 9.17) is 15.1 Å². The molecule has 5 heteroatoms. The quantitative estimate of drug-likeness (QED) is 0.852. The first kappa shape index (κ1) is 11.5. The predicted molar refractivity (Wildman–Crippen MR) is 58.9 cm³/mol. The molecule has 0 amide bonds. The highest BCUT2D eigenvalue weighted by molar-refractivity contribution is 9.11. The Hall–Kier alpha value is -0.570. The van der Waals surface area contributed by atoms with Crippen molar-refractivity contribution in [2.24, 2.45) is 0 Å². The molecule has 74 valence electrons. The molecule has 3 nitrogen and oxygen atoms in total. The number of nitriles is 1. The molecule has 0 bridgehead atoms. The van der Waals surface area contributed by atoms with E-state index in [-0.39, 0.29) is 0 Å². The molecule has 0 saturated carbocycles. The van der Waals surface area contributed by atoms with E-state index in [2.05, 4.69) is 31.9 Å². The van der Waals surface area contributed by atoms with E-state index in [0.717, 1.165) is 0 Å². The maximum atomic E-state index is 9.05. The van der Waals surface area contributed by atoms with Crippen LogP contribution in [0.4, 0.5) is 0 Å². The number of benzene rings is 1. The standard InChI is InChI=1S/C9H7Br2NO2/c1-5(13)14-9-7(10)2-6(4-12)3-8(9)11/h2-3,5,13H,1H3. The Morgan fingerprint density at radius 2 is 1.93 bits per heavy atom. The first-order chi connectivity index (χ1) is 6.54. The monoisotopic (exact) mass is 319 g/mol. The van der Waals surface area contributed by atoms with Crippen molar-refractivity contribution >= 4 is 31.9 Å². The Balaban J connectivity index is 3.13. The Labute approximate surface area is 98.6 Å². The second-order valence-corrected chi connectivity index (χ2v) is 4.31. The highest BCUT2D eigenvalue weighted by atomic mass is 79.9.